The van der Waals surface area contributed by atoms with Crippen molar-refractivity contribution in [2.45, 2.75) is 6.61 Å². The molecule has 0 saturated carbocycles. The summed E-state index contributed by atoms with van der Waals surface area (Å²) < 4.78 is 18.5. The molecular weight excluding hydrogens is 672 g/mol. The molecule has 0 saturated heterocycles. The Labute approximate surface area is 223 Å². The molecule has 0 unspecified atom stereocenters. The largest absolute Gasteiger partial charge is 0.487 e. The zero-order valence-corrected chi connectivity index (χ0v) is 22.2. The summed E-state index contributed by atoms with van der Waals surface area (Å²) in [5.41, 5.74) is 5.05. The van der Waals surface area contributed by atoms with Crippen LogP contribution < -0.4 is 25.0 Å². The molecule has 0 bridgehead atoms. The first kappa shape index (κ1) is 23.9. The third-order valence-corrected chi connectivity index (χ3v) is 6.55. The second kappa shape index (κ2) is 11.3. The van der Waals surface area contributed by atoms with Crippen LogP contribution in [-0.2, 0) is 11.4 Å². The fourth-order valence-corrected chi connectivity index (χ4v) is 5.28. The van der Waals surface area contributed by atoms with Crippen LogP contribution in [0.3, 0.4) is 0 Å². The Morgan fingerprint density at radius 2 is 1.85 bits per heavy atom. The topological polar surface area (TPSA) is 81.2 Å². The van der Waals surface area contributed by atoms with Crippen molar-refractivity contribution in [3.05, 3.63) is 77.9 Å². The van der Waals surface area contributed by atoms with E-state index in [1.807, 2.05) is 42.5 Å². The van der Waals surface area contributed by atoms with E-state index in [1.165, 1.54) is 0 Å². The highest BCUT2D eigenvalue weighted by Gasteiger charge is 2.13. The third-order valence-electron chi connectivity index (χ3n) is 4.58. The summed E-state index contributed by atoms with van der Waals surface area (Å²) in [6.07, 6.45) is 1.60. The van der Waals surface area contributed by atoms with E-state index < -0.39 is 0 Å². The fourth-order valence-electron chi connectivity index (χ4n) is 2.96. The van der Waals surface area contributed by atoms with Gasteiger partial charge in [0.25, 0.3) is 5.91 Å². The van der Waals surface area contributed by atoms with E-state index in [0.717, 1.165) is 29.7 Å². The molecule has 0 aliphatic carbocycles. The van der Waals surface area contributed by atoms with Crippen molar-refractivity contribution in [1.29, 1.82) is 0 Å². The maximum absolute atomic E-state index is 12.1. The Kier molecular flexibility index (Phi) is 8.15. The molecule has 7 nitrogen and oxygen atoms in total. The zero-order valence-electron chi connectivity index (χ0n) is 17.1. The van der Waals surface area contributed by atoms with Crippen LogP contribution in [0, 0.1) is 7.14 Å². The van der Waals surface area contributed by atoms with Crippen LogP contribution in [-0.4, -0.2) is 25.5 Å². The molecule has 2 N–H and O–H groups in total. The van der Waals surface area contributed by atoms with Gasteiger partial charge in [-0.2, -0.15) is 5.10 Å². The van der Waals surface area contributed by atoms with Crippen LogP contribution in [0.2, 0.25) is 5.02 Å². The number of anilines is 1. The number of rotatable bonds is 8. The summed E-state index contributed by atoms with van der Waals surface area (Å²) in [6.45, 7) is 0.659. The lowest BCUT2D eigenvalue weighted by molar-refractivity contribution is -0.119. The maximum Gasteiger partial charge on any atom is 0.259 e. The average Bonchev–Trinajstić information content (AvgIpc) is 3.26. The lowest BCUT2D eigenvalue weighted by Crippen LogP contribution is -2.25. The van der Waals surface area contributed by atoms with Gasteiger partial charge in [0.15, 0.2) is 11.5 Å². The lowest BCUT2D eigenvalue weighted by Gasteiger charge is -2.12. The van der Waals surface area contributed by atoms with Gasteiger partial charge >= 0.3 is 0 Å². The Bertz CT molecular complexity index is 1180. The minimum atomic E-state index is -0.270. The number of carbonyl (C=O) groups is 1. The lowest BCUT2D eigenvalue weighted by atomic mass is 10.2. The number of carbonyl (C=O) groups excluding carboxylic acids is 1. The van der Waals surface area contributed by atoms with E-state index in [4.69, 9.17) is 25.8 Å². The van der Waals surface area contributed by atoms with Gasteiger partial charge in [0.05, 0.1) is 19.9 Å². The zero-order chi connectivity index (χ0) is 23.2. The number of fused-ring (bicyclic) bond motifs is 1. The molecule has 1 aliphatic rings. The Morgan fingerprint density at radius 3 is 2.64 bits per heavy atom. The normalized spacial score (nSPS) is 12.1. The number of benzene rings is 3. The molecule has 10 heteroatoms. The molecule has 4 rings (SSSR count). The number of hydrogen-bond acceptors (Lipinski definition) is 6. The van der Waals surface area contributed by atoms with Crippen molar-refractivity contribution in [3.63, 3.8) is 0 Å². The first-order valence-electron chi connectivity index (χ1n) is 9.80. The monoisotopic (exact) mass is 689 g/mol. The number of halogens is 3. The van der Waals surface area contributed by atoms with Gasteiger partial charge in [-0.1, -0.05) is 29.8 Å². The summed E-state index contributed by atoms with van der Waals surface area (Å²) >= 11 is 10.6. The highest BCUT2D eigenvalue weighted by Crippen LogP contribution is 2.34. The van der Waals surface area contributed by atoms with Crippen LogP contribution in [0.1, 0.15) is 11.1 Å². The number of hydrogen-bond donors (Lipinski definition) is 2. The van der Waals surface area contributed by atoms with Crippen molar-refractivity contribution in [2.24, 2.45) is 5.10 Å². The van der Waals surface area contributed by atoms with Gasteiger partial charge in [-0.15, -0.1) is 0 Å². The highest BCUT2D eigenvalue weighted by molar-refractivity contribution is 14.1. The minimum Gasteiger partial charge on any atom is -0.487 e. The van der Waals surface area contributed by atoms with Crippen molar-refractivity contribution >= 4 is 74.6 Å². The Morgan fingerprint density at radius 1 is 1.09 bits per heavy atom. The van der Waals surface area contributed by atoms with E-state index in [2.05, 4.69) is 61.0 Å². The molecule has 3 aromatic rings. The summed E-state index contributed by atoms with van der Waals surface area (Å²) in [5.74, 6) is 1.86. The second-order valence-corrected chi connectivity index (χ2v) is 9.64. The summed E-state index contributed by atoms with van der Waals surface area (Å²) in [6, 6.07) is 16.9. The minimum absolute atomic E-state index is 0.0703. The van der Waals surface area contributed by atoms with Gasteiger partial charge in [-0.25, -0.2) is 5.43 Å². The quantitative estimate of drug-likeness (QED) is 0.188. The standard InChI is InChI=1S/C23H18ClI2N3O4/c24-17-4-2-1-3-15(17)12-31-23-18(25)7-14(8-19(23)26)10-28-29-22(30)11-27-16-5-6-20-21(9-16)33-13-32-20/h1-10,27H,11-13H2,(H,29,30)/b28-10-. The number of nitrogens with zero attached hydrogens (tertiary/aromatic N) is 1. The van der Waals surface area contributed by atoms with E-state index in [-0.39, 0.29) is 19.2 Å². The van der Waals surface area contributed by atoms with Gasteiger partial charge in [-0.05, 0) is 81.1 Å². The van der Waals surface area contributed by atoms with E-state index >= 15 is 0 Å². The SMILES string of the molecule is O=C(CNc1ccc2c(c1)OCO2)N/N=C\c1cc(I)c(OCc2ccccc2Cl)c(I)c1. The average molecular weight is 690 g/mol. The first-order valence-corrected chi connectivity index (χ1v) is 12.3. The molecule has 1 aliphatic heterocycles. The third kappa shape index (κ3) is 6.42. The molecular formula is C23H18ClI2N3O4. The van der Waals surface area contributed by atoms with E-state index in [9.17, 15) is 4.79 Å². The van der Waals surface area contributed by atoms with Gasteiger partial charge in [0.1, 0.15) is 12.4 Å². The van der Waals surface area contributed by atoms with Crippen LogP contribution in [0.25, 0.3) is 0 Å². The summed E-state index contributed by atoms with van der Waals surface area (Å²) in [5, 5.41) is 7.76. The molecule has 0 spiro atoms. The number of nitrogens with one attached hydrogen (secondary N) is 2. The van der Waals surface area contributed by atoms with Gasteiger partial charge in [-0.3, -0.25) is 4.79 Å². The molecule has 1 amide bonds. The smallest absolute Gasteiger partial charge is 0.259 e. The number of amides is 1. The van der Waals surface area contributed by atoms with Gasteiger partial charge in [0.2, 0.25) is 6.79 Å². The fraction of sp³-hybridized carbons (Fsp3) is 0.130. The molecule has 0 aromatic heterocycles. The van der Waals surface area contributed by atoms with Crippen LogP contribution in [0.5, 0.6) is 17.2 Å². The van der Waals surface area contributed by atoms with Crippen molar-refractivity contribution in [2.75, 3.05) is 18.7 Å². The summed E-state index contributed by atoms with van der Waals surface area (Å²) in [4.78, 5) is 12.1. The number of ether oxygens (including phenoxy) is 3. The Balaban J connectivity index is 1.29. The van der Waals surface area contributed by atoms with Crippen molar-refractivity contribution in [3.8, 4) is 17.2 Å². The van der Waals surface area contributed by atoms with E-state index in [0.29, 0.717) is 23.1 Å². The highest BCUT2D eigenvalue weighted by atomic mass is 127. The van der Waals surface area contributed by atoms with Crippen LogP contribution >= 0.6 is 56.8 Å². The molecule has 0 atom stereocenters. The predicted octanol–water partition coefficient (Wildman–Crippen LogP) is 5.42. The van der Waals surface area contributed by atoms with Crippen molar-refractivity contribution < 1.29 is 19.0 Å². The van der Waals surface area contributed by atoms with Gasteiger partial charge in [0, 0.05) is 22.3 Å². The Hall–Kier alpha value is -2.25. The van der Waals surface area contributed by atoms with Crippen LogP contribution in [0.4, 0.5) is 5.69 Å². The maximum atomic E-state index is 12.1. The molecule has 0 fully saturated rings. The molecule has 170 valence electrons. The second-order valence-electron chi connectivity index (χ2n) is 6.91. The van der Waals surface area contributed by atoms with E-state index in [1.54, 1.807) is 18.3 Å². The van der Waals surface area contributed by atoms with Crippen LogP contribution in [0.15, 0.2) is 59.7 Å². The number of hydrazone groups is 1. The molecule has 33 heavy (non-hydrogen) atoms. The molecule has 3 aromatic carbocycles. The van der Waals surface area contributed by atoms with Crippen molar-refractivity contribution in [1.82, 2.24) is 5.43 Å². The van der Waals surface area contributed by atoms with Gasteiger partial charge < -0.3 is 19.5 Å². The first-order chi connectivity index (χ1) is 16.0. The molecule has 0 radical (unpaired) electrons. The molecule has 1 heterocycles. The summed E-state index contributed by atoms with van der Waals surface area (Å²) in [7, 11) is 0. The predicted molar refractivity (Wildman–Crippen MR) is 144 cm³/mol.